The molecule has 0 saturated carbocycles. The van der Waals surface area contributed by atoms with E-state index in [2.05, 4.69) is 170 Å². The molecule has 47 heavy (non-hydrogen) atoms. The fourth-order valence-electron chi connectivity index (χ4n) is 7.65. The second kappa shape index (κ2) is 10.4. The van der Waals surface area contributed by atoms with Gasteiger partial charge >= 0.3 is 0 Å². The lowest BCUT2D eigenvalue weighted by Gasteiger charge is -2.32. The van der Waals surface area contributed by atoms with Crippen molar-refractivity contribution in [2.75, 3.05) is 7.05 Å². The Kier molecular flexibility index (Phi) is 6.10. The Morgan fingerprint density at radius 1 is 0.574 bits per heavy atom. The number of aliphatic imine (C=N–C) groups is 2. The van der Waals surface area contributed by atoms with Gasteiger partial charge in [-0.2, -0.15) is 0 Å². The summed E-state index contributed by atoms with van der Waals surface area (Å²) >= 11 is 0. The van der Waals surface area contributed by atoms with Gasteiger partial charge in [0, 0.05) is 40.0 Å². The van der Waals surface area contributed by atoms with Crippen LogP contribution in [0.2, 0.25) is 0 Å². The predicted octanol–water partition coefficient (Wildman–Crippen LogP) is 9.93. The van der Waals surface area contributed by atoms with Crippen molar-refractivity contribution >= 4 is 33.5 Å². The average molecular weight is 607 g/mol. The van der Waals surface area contributed by atoms with Gasteiger partial charge < -0.3 is 9.47 Å². The molecule has 2 heterocycles. The SMILES string of the molecule is CN1C(c2ccccc2)=NC(c2ccc3c(c2)c2cc4c(cc2n3-c2ccccc2)C(C)(C)c2ccccc2-4)=NC1c1ccccc1. The fraction of sp³-hybridized carbons (Fsp3) is 0.116. The predicted molar refractivity (Wildman–Crippen MR) is 195 cm³/mol. The number of hydrogen-bond acceptors (Lipinski definition) is 3. The van der Waals surface area contributed by atoms with Gasteiger partial charge in [0.15, 0.2) is 5.84 Å². The molecule has 6 aromatic carbocycles. The first-order chi connectivity index (χ1) is 23.0. The van der Waals surface area contributed by atoms with Gasteiger partial charge in [-0.15, -0.1) is 0 Å². The second-order valence-corrected chi connectivity index (χ2v) is 13.1. The van der Waals surface area contributed by atoms with Gasteiger partial charge in [-0.05, 0) is 70.3 Å². The van der Waals surface area contributed by atoms with Crippen molar-refractivity contribution in [2.24, 2.45) is 9.98 Å². The largest absolute Gasteiger partial charge is 0.333 e. The maximum atomic E-state index is 5.29. The summed E-state index contributed by atoms with van der Waals surface area (Å²) in [5, 5.41) is 2.43. The fourth-order valence-corrected chi connectivity index (χ4v) is 7.65. The van der Waals surface area contributed by atoms with Gasteiger partial charge in [0.2, 0.25) is 0 Å². The van der Waals surface area contributed by atoms with Crippen LogP contribution in [0, 0.1) is 0 Å². The van der Waals surface area contributed by atoms with Crippen LogP contribution in [-0.4, -0.2) is 28.2 Å². The zero-order chi connectivity index (χ0) is 31.7. The third-order valence-electron chi connectivity index (χ3n) is 10.0. The number of para-hydroxylation sites is 1. The van der Waals surface area contributed by atoms with Crippen molar-refractivity contribution in [3.8, 4) is 16.8 Å². The Hall–Kier alpha value is -5.74. The van der Waals surface area contributed by atoms with E-state index in [9.17, 15) is 0 Å². The summed E-state index contributed by atoms with van der Waals surface area (Å²) in [6.45, 7) is 4.70. The Labute approximate surface area is 275 Å². The Morgan fingerprint density at radius 2 is 1.23 bits per heavy atom. The maximum absolute atomic E-state index is 5.29. The van der Waals surface area contributed by atoms with Crippen LogP contribution in [0.1, 0.15) is 47.8 Å². The van der Waals surface area contributed by atoms with Gasteiger partial charge in [0.1, 0.15) is 12.0 Å². The summed E-state index contributed by atoms with van der Waals surface area (Å²) in [5.41, 5.74) is 12.1. The van der Waals surface area contributed by atoms with E-state index in [0.717, 1.165) is 34.0 Å². The van der Waals surface area contributed by atoms with E-state index in [-0.39, 0.29) is 11.6 Å². The molecule has 0 spiro atoms. The second-order valence-electron chi connectivity index (χ2n) is 13.1. The highest BCUT2D eigenvalue weighted by Gasteiger charge is 2.36. The van der Waals surface area contributed by atoms with E-state index in [0.29, 0.717) is 0 Å². The molecule has 4 nitrogen and oxygen atoms in total. The number of fused-ring (bicyclic) bond motifs is 6. The van der Waals surface area contributed by atoms with Crippen molar-refractivity contribution < 1.29 is 0 Å². The van der Waals surface area contributed by atoms with Gasteiger partial charge in [0.05, 0.1) is 11.0 Å². The zero-order valence-corrected chi connectivity index (χ0v) is 26.7. The molecule has 0 saturated heterocycles. The van der Waals surface area contributed by atoms with Crippen molar-refractivity contribution in [2.45, 2.75) is 25.4 Å². The molecule has 2 aliphatic rings. The number of rotatable bonds is 4. The maximum Gasteiger partial charge on any atom is 0.159 e. The third-order valence-corrected chi connectivity index (χ3v) is 10.0. The van der Waals surface area contributed by atoms with Crippen LogP contribution in [0.3, 0.4) is 0 Å². The molecule has 0 bridgehead atoms. The van der Waals surface area contributed by atoms with Crippen molar-refractivity contribution in [3.05, 3.63) is 173 Å². The minimum Gasteiger partial charge on any atom is -0.333 e. The zero-order valence-electron chi connectivity index (χ0n) is 26.7. The molecule has 226 valence electrons. The number of hydrogen-bond donors (Lipinski definition) is 0. The highest BCUT2D eigenvalue weighted by atomic mass is 15.3. The van der Waals surface area contributed by atoms with Crippen molar-refractivity contribution in [1.82, 2.24) is 9.47 Å². The van der Waals surface area contributed by atoms with Crippen LogP contribution >= 0.6 is 0 Å². The molecule has 7 aromatic rings. The first kappa shape index (κ1) is 27.6. The van der Waals surface area contributed by atoms with Gasteiger partial charge in [-0.25, -0.2) is 9.98 Å². The lowest BCUT2D eigenvalue weighted by atomic mass is 9.82. The molecule has 9 rings (SSSR count). The van der Waals surface area contributed by atoms with E-state index >= 15 is 0 Å². The van der Waals surface area contributed by atoms with Crippen LogP contribution in [0.4, 0.5) is 0 Å². The molecular formula is C43H34N4. The first-order valence-corrected chi connectivity index (χ1v) is 16.3. The van der Waals surface area contributed by atoms with Gasteiger partial charge in [0.25, 0.3) is 0 Å². The molecule has 1 atom stereocenters. The van der Waals surface area contributed by atoms with Crippen LogP contribution in [0.5, 0.6) is 0 Å². The average Bonchev–Trinajstić information content (AvgIpc) is 3.56. The quantitative estimate of drug-likeness (QED) is 0.196. The Bertz CT molecular complexity index is 2380. The van der Waals surface area contributed by atoms with E-state index in [1.807, 2.05) is 6.07 Å². The lowest BCUT2D eigenvalue weighted by Crippen LogP contribution is -2.35. The molecule has 1 unspecified atom stereocenters. The van der Waals surface area contributed by atoms with E-state index in [4.69, 9.17) is 9.98 Å². The van der Waals surface area contributed by atoms with Crippen LogP contribution in [0.15, 0.2) is 156 Å². The summed E-state index contributed by atoms with van der Waals surface area (Å²) in [5.74, 6) is 1.65. The van der Waals surface area contributed by atoms with Gasteiger partial charge in [-0.1, -0.05) is 117 Å². The van der Waals surface area contributed by atoms with E-state index < -0.39 is 0 Å². The summed E-state index contributed by atoms with van der Waals surface area (Å²) in [6, 6.07) is 52.1. The molecule has 0 fully saturated rings. The monoisotopic (exact) mass is 606 g/mol. The lowest BCUT2D eigenvalue weighted by molar-refractivity contribution is 0.383. The summed E-state index contributed by atoms with van der Waals surface area (Å²) in [6.07, 6.45) is -0.192. The van der Waals surface area contributed by atoms with Crippen molar-refractivity contribution in [1.29, 1.82) is 0 Å². The molecule has 4 heteroatoms. The molecule has 1 aliphatic carbocycles. The summed E-state index contributed by atoms with van der Waals surface area (Å²) in [4.78, 5) is 12.7. The highest BCUT2D eigenvalue weighted by molar-refractivity contribution is 6.17. The number of aromatic nitrogens is 1. The minimum absolute atomic E-state index is 0.0822. The molecule has 0 amide bonds. The van der Waals surface area contributed by atoms with Crippen LogP contribution < -0.4 is 0 Å². The van der Waals surface area contributed by atoms with Crippen LogP contribution in [-0.2, 0) is 5.41 Å². The Morgan fingerprint density at radius 3 is 2.00 bits per heavy atom. The number of nitrogens with zero attached hydrogens (tertiary/aromatic N) is 4. The minimum atomic E-state index is -0.192. The molecule has 1 aromatic heterocycles. The first-order valence-electron chi connectivity index (χ1n) is 16.3. The highest BCUT2D eigenvalue weighted by Crippen LogP contribution is 2.51. The summed E-state index contributed by atoms with van der Waals surface area (Å²) in [7, 11) is 2.08. The Balaban J connectivity index is 1.30. The van der Waals surface area contributed by atoms with Gasteiger partial charge in [-0.3, -0.25) is 0 Å². The van der Waals surface area contributed by atoms with E-state index in [1.165, 1.54) is 44.1 Å². The molecule has 0 radical (unpaired) electrons. The van der Waals surface area contributed by atoms with Crippen molar-refractivity contribution in [3.63, 3.8) is 0 Å². The molecule has 0 N–H and O–H groups in total. The third kappa shape index (κ3) is 4.21. The number of benzene rings is 6. The smallest absolute Gasteiger partial charge is 0.159 e. The van der Waals surface area contributed by atoms with Crippen LogP contribution in [0.25, 0.3) is 38.6 Å². The topological polar surface area (TPSA) is 32.9 Å². The normalized spacial score (nSPS) is 16.6. The molecular weight excluding hydrogens is 573 g/mol. The molecule has 1 aliphatic heterocycles. The number of amidine groups is 2. The summed E-state index contributed by atoms with van der Waals surface area (Å²) < 4.78 is 2.41. The standard InChI is InChI=1S/C43H34N4/c1-43(2)36-22-14-13-21-32(36)33-26-35-34-25-30(23-24-38(34)47(39(35)27-37(33)43)31-19-11-6-12-20-31)40-44-41(28-15-7-4-8-16-28)46(3)42(45-40)29-17-9-5-10-18-29/h4-27,41H,1-3H3. The van der Waals surface area contributed by atoms with E-state index in [1.54, 1.807) is 0 Å².